The molecule has 0 spiro atoms. The highest BCUT2D eigenvalue weighted by Gasteiger charge is 2.19. The Morgan fingerprint density at radius 3 is 2.88 bits per heavy atom. The number of rotatable bonds is 4. The molecule has 0 aliphatic heterocycles. The van der Waals surface area contributed by atoms with E-state index in [2.05, 4.69) is 15.0 Å². The number of aromatic nitrogens is 1. The smallest absolute Gasteiger partial charge is 0.355 e. The zero-order valence-corrected chi connectivity index (χ0v) is 10.1. The lowest BCUT2D eigenvalue weighted by molar-refractivity contribution is 0.0520. The van der Waals surface area contributed by atoms with Gasteiger partial charge < -0.3 is 14.6 Å². The van der Waals surface area contributed by atoms with Gasteiger partial charge in [0.2, 0.25) is 0 Å². The Labute approximate surface area is 98.4 Å². The SMILES string of the molecule is CCOC(=O)c1[nH]c(C)c(Cl)c1C=NOC. The van der Waals surface area contributed by atoms with E-state index in [0.717, 1.165) is 0 Å². The predicted molar refractivity (Wildman–Crippen MR) is 61.1 cm³/mol. The molecule has 0 fully saturated rings. The topological polar surface area (TPSA) is 63.7 Å². The van der Waals surface area contributed by atoms with Crippen LogP contribution in [0.5, 0.6) is 0 Å². The van der Waals surface area contributed by atoms with Gasteiger partial charge in [-0.1, -0.05) is 16.8 Å². The van der Waals surface area contributed by atoms with E-state index in [9.17, 15) is 4.79 Å². The quantitative estimate of drug-likeness (QED) is 0.501. The number of hydrogen-bond acceptors (Lipinski definition) is 4. The molecule has 0 aliphatic rings. The minimum atomic E-state index is -0.463. The average molecular weight is 245 g/mol. The number of H-pyrrole nitrogens is 1. The maximum atomic E-state index is 11.6. The molecule has 0 bridgehead atoms. The van der Waals surface area contributed by atoms with E-state index >= 15 is 0 Å². The third-order valence-corrected chi connectivity index (χ3v) is 2.40. The first-order valence-electron chi connectivity index (χ1n) is 4.73. The Kier molecular flexibility index (Phi) is 4.37. The van der Waals surface area contributed by atoms with Gasteiger partial charge in [0.25, 0.3) is 0 Å². The number of aromatic amines is 1. The fourth-order valence-corrected chi connectivity index (χ4v) is 1.40. The summed E-state index contributed by atoms with van der Waals surface area (Å²) in [4.78, 5) is 19.0. The minimum absolute atomic E-state index is 0.283. The molecule has 1 N–H and O–H groups in total. The van der Waals surface area contributed by atoms with E-state index in [1.807, 2.05) is 0 Å². The van der Waals surface area contributed by atoms with Gasteiger partial charge in [0.1, 0.15) is 12.8 Å². The lowest BCUT2D eigenvalue weighted by Crippen LogP contribution is -2.07. The number of aryl methyl sites for hydroxylation is 1. The van der Waals surface area contributed by atoms with Crippen LogP contribution in [0.15, 0.2) is 5.16 Å². The van der Waals surface area contributed by atoms with Gasteiger partial charge in [0.05, 0.1) is 17.8 Å². The van der Waals surface area contributed by atoms with Crippen molar-refractivity contribution in [2.75, 3.05) is 13.7 Å². The maximum Gasteiger partial charge on any atom is 0.355 e. The van der Waals surface area contributed by atoms with Gasteiger partial charge in [-0.15, -0.1) is 0 Å². The van der Waals surface area contributed by atoms with Gasteiger partial charge in [0.15, 0.2) is 0 Å². The summed E-state index contributed by atoms with van der Waals surface area (Å²) in [6, 6.07) is 0. The summed E-state index contributed by atoms with van der Waals surface area (Å²) in [5.41, 5.74) is 1.44. The summed E-state index contributed by atoms with van der Waals surface area (Å²) in [7, 11) is 1.41. The number of nitrogens with one attached hydrogen (secondary N) is 1. The molecule has 6 heteroatoms. The van der Waals surface area contributed by atoms with E-state index < -0.39 is 5.97 Å². The van der Waals surface area contributed by atoms with Crippen molar-refractivity contribution in [2.24, 2.45) is 5.16 Å². The third-order valence-electron chi connectivity index (χ3n) is 1.91. The number of ether oxygens (including phenoxy) is 1. The van der Waals surface area contributed by atoms with E-state index in [1.165, 1.54) is 13.3 Å². The largest absolute Gasteiger partial charge is 0.461 e. The van der Waals surface area contributed by atoms with Crippen LogP contribution in [0.4, 0.5) is 0 Å². The predicted octanol–water partition coefficient (Wildman–Crippen LogP) is 2.13. The highest BCUT2D eigenvalue weighted by atomic mass is 35.5. The lowest BCUT2D eigenvalue weighted by atomic mass is 10.2. The van der Waals surface area contributed by atoms with E-state index in [4.69, 9.17) is 16.3 Å². The van der Waals surface area contributed by atoms with Crippen LogP contribution in [0.3, 0.4) is 0 Å². The van der Waals surface area contributed by atoms with E-state index in [0.29, 0.717) is 22.9 Å². The normalized spacial score (nSPS) is 10.8. The summed E-state index contributed by atoms with van der Waals surface area (Å²) >= 11 is 6.01. The van der Waals surface area contributed by atoms with Gasteiger partial charge in [-0.3, -0.25) is 0 Å². The number of carbonyl (C=O) groups excluding carboxylic acids is 1. The monoisotopic (exact) mass is 244 g/mol. The molecular formula is C10H13ClN2O3. The van der Waals surface area contributed by atoms with Gasteiger partial charge in [-0.25, -0.2) is 4.79 Å². The van der Waals surface area contributed by atoms with Gasteiger partial charge in [-0.2, -0.15) is 0 Å². The van der Waals surface area contributed by atoms with Crippen molar-refractivity contribution in [3.05, 3.63) is 22.0 Å². The van der Waals surface area contributed by atoms with Gasteiger partial charge >= 0.3 is 5.97 Å². The summed E-state index contributed by atoms with van der Waals surface area (Å²) in [5.74, 6) is -0.463. The first kappa shape index (κ1) is 12.6. The Morgan fingerprint density at radius 1 is 1.62 bits per heavy atom. The zero-order chi connectivity index (χ0) is 12.1. The van der Waals surface area contributed by atoms with Gasteiger partial charge in [0, 0.05) is 11.3 Å². The Morgan fingerprint density at radius 2 is 2.31 bits per heavy atom. The maximum absolute atomic E-state index is 11.6. The van der Waals surface area contributed by atoms with E-state index in [-0.39, 0.29) is 5.69 Å². The molecule has 1 aromatic rings. The second-order valence-electron chi connectivity index (χ2n) is 2.99. The molecule has 1 aromatic heterocycles. The first-order chi connectivity index (χ1) is 7.61. The summed E-state index contributed by atoms with van der Waals surface area (Å²) in [6.45, 7) is 3.79. The second kappa shape index (κ2) is 5.55. The standard InChI is InChI=1S/C10H13ClN2O3/c1-4-16-10(14)9-7(5-12-15-3)8(11)6(2)13-9/h5,13H,4H2,1-3H3. The van der Waals surface area contributed by atoms with Crippen molar-refractivity contribution in [2.45, 2.75) is 13.8 Å². The molecule has 0 saturated carbocycles. The summed E-state index contributed by atoms with van der Waals surface area (Å²) in [5, 5.41) is 4.02. The second-order valence-corrected chi connectivity index (χ2v) is 3.37. The number of nitrogens with zero attached hydrogens (tertiary/aromatic N) is 1. The summed E-state index contributed by atoms with van der Waals surface area (Å²) in [6.07, 6.45) is 1.37. The van der Waals surface area contributed by atoms with Crippen molar-refractivity contribution in [1.29, 1.82) is 0 Å². The molecule has 0 aliphatic carbocycles. The zero-order valence-electron chi connectivity index (χ0n) is 9.33. The number of carbonyl (C=O) groups is 1. The van der Waals surface area contributed by atoms with Crippen LogP contribution in [0.1, 0.15) is 28.7 Å². The van der Waals surface area contributed by atoms with E-state index in [1.54, 1.807) is 13.8 Å². The van der Waals surface area contributed by atoms with Crippen LogP contribution >= 0.6 is 11.6 Å². The average Bonchev–Trinajstić information content (AvgIpc) is 2.54. The molecule has 0 aromatic carbocycles. The van der Waals surface area contributed by atoms with Crippen molar-refractivity contribution in [1.82, 2.24) is 4.98 Å². The molecule has 0 amide bonds. The van der Waals surface area contributed by atoms with Crippen LogP contribution < -0.4 is 0 Å². The molecule has 0 saturated heterocycles. The fraction of sp³-hybridized carbons (Fsp3) is 0.400. The van der Waals surface area contributed by atoms with Crippen LogP contribution in [-0.4, -0.2) is 30.9 Å². The van der Waals surface area contributed by atoms with Crippen molar-refractivity contribution >= 4 is 23.8 Å². The molecular weight excluding hydrogens is 232 g/mol. The molecule has 5 nitrogen and oxygen atoms in total. The van der Waals surface area contributed by atoms with Crippen LogP contribution in [0, 0.1) is 6.92 Å². The Balaban J connectivity index is 3.12. The number of oxime groups is 1. The van der Waals surface area contributed by atoms with Crippen molar-refractivity contribution in [3.8, 4) is 0 Å². The fourth-order valence-electron chi connectivity index (χ4n) is 1.21. The lowest BCUT2D eigenvalue weighted by Gasteiger charge is -2.00. The third kappa shape index (κ3) is 2.55. The molecule has 0 atom stereocenters. The Hall–Kier alpha value is -1.49. The molecule has 88 valence electrons. The molecule has 16 heavy (non-hydrogen) atoms. The highest BCUT2D eigenvalue weighted by molar-refractivity contribution is 6.34. The minimum Gasteiger partial charge on any atom is -0.461 e. The Bertz CT molecular complexity index is 412. The van der Waals surface area contributed by atoms with Crippen LogP contribution in [-0.2, 0) is 9.57 Å². The first-order valence-corrected chi connectivity index (χ1v) is 5.11. The van der Waals surface area contributed by atoms with Crippen molar-refractivity contribution in [3.63, 3.8) is 0 Å². The molecule has 0 unspecified atom stereocenters. The number of esters is 1. The van der Waals surface area contributed by atoms with Gasteiger partial charge in [-0.05, 0) is 13.8 Å². The summed E-state index contributed by atoms with van der Waals surface area (Å²) < 4.78 is 4.89. The van der Waals surface area contributed by atoms with Crippen LogP contribution in [0.25, 0.3) is 0 Å². The van der Waals surface area contributed by atoms with Crippen LogP contribution in [0.2, 0.25) is 5.02 Å². The molecule has 1 heterocycles. The number of halogens is 1. The molecule has 1 rings (SSSR count). The highest BCUT2D eigenvalue weighted by Crippen LogP contribution is 2.23. The molecule has 0 radical (unpaired) electrons. The van der Waals surface area contributed by atoms with Crippen molar-refractivity contribution < 1.29 is 14.4 Å². The number of hydrogen-bond donors (Lipinski definition) is 1.